The van der Waals surface area contributed by atoms with Crippen molar-refractivity contribution in [3.63, 3.8) is 0 Å². The highest BCUT2D eigenvalue weighted by atomic mass is 16.2. The van der Waals surface area contributed by atoms with Gasteiger partial charge in [0.2, 0.25) is 0 Å². The minimum absolute atomic E-state index is 0.128. The largest absolute Gasteiger partial charge is 0.372 e. The van der Waals surface area contributed by atoms with Crippen LogP contribution in [0.5, 0.6) is 0 Å². The second-order valence-electron chi connectivity index (χ2n) is 7.52. The Kier molecular flexibility index (Phi) is 3.30. The van der Waals surface area contributed by atoms with Crippen LogP contribution in [0.15, 0.2) is 41.5 Å². The molecule has 4 aliphatic rings. The van der Waals surface area contributed by atoms with Crippen molar-refractivity contribution in [3.8, 4) is 0 Å². The summed E-state index contributed by atoms with van der Waals surface area (Å²) in [5.41, 5.74) is 2.13. The van der Waals surface area contributed by atoms with Crippen LogP contribution >= 0.6 is 0 Å². The van der Waals surface area contributed by atoms with Gasteiger partial charge in [0.05, 0.1) is 18.1 Å². The first-order valence-electron chi connectivity index (χ1n) is 9.17. The zero-order chi connectivity index (χ0) is 17.0. The zero-order valence-corrected chi connectivity index (χ0v) is 14.0. The fraction of sp³-hybridized carbons (Fsp3) is 0.450. The maximum absolute atomic E-state index is 12.6. The van der Waals surface area contributed by atoms with Gasteiger partial charge in [0.25, 0.3) is 11.8 Å². The van der Waals surface area contributed by atoms with E-state index in [0.29, 0.717) is 0 Å². The molecule has 2 bridgehead atoms. The number of nitrogens with zero attached hydrogens (tertiary/aromatic N) is 3. The van der Waals surface area contributed by atoms with Gasteiger partial charge in [-0.2, -0.15) is 10.1 Å². The molecule has 0 radical (unpaired) electrons. The molecule has 5 heteroatoms. The van der Waals surface area contributed by atoms with Gasteiger partial charge in [-0.25, -0.2) is 0 Å². The summed E-state index contributed by atoms with van der Waals surface area (Å²) in [5, 5.41) is 5.34. The summed E-state index contributed by atoms with van der Waals surface area (Å²) < 4.78 is 0. The van der Waals surface area contributed by atoms with E-state index in [1.807, 2.05) is 12.1 Å². The molecule has 0 spiro atoms. The van der Waals surface area contributed by atoms with Crippen molar-refractivity contribution in [3.05, 3.63) is 42.0 Å². The van der Waals surface area contributed by atoms with Crippen molar-refractivity contribution in [2.24, 2.45) is 28.8 Å². The van der Waals surface area contributed by atoms with Crippen LogP contribution in [-0.2, 0) is 9.59 Å². The summed E-state index contributed by atoms with van der Waals surface area (Å²) in [6.45, 7) is 2.23. The third-order valence-electron chi connectivity index (χ3n) is 6.13. The molecule has 2 aliphatic heterocycles. The lowest BCUT2D eigenvalue weighted by atomic mass is 9.85. The first kappa shape index (κ1) is 14.9. The van der Waals surface area contributed by atoms with Gasteiger partial charge in [0.15, 0.2) is 0 Å². The normalized spacial score (nSPS) is 33.3. The van der Waals surface area contributed by atoms with E-state index in [1.54, 1.807) is 6.21 Å². The van der Waals surface area contributed by atoms with Gasteiger partial charge in [-0.15, -0.1) is 0 Å². The molecule has 2 saturated heterocycles. The summed E-state index contributed by atoms with van der Waals surface area (Å²) in [4.78, 5) is 27.5. The molecule has 4 unspecified atom stereocenters. The van der Waals surface area contributed by atoms with Gasteiger partial charge in [-0.3, -0.25) is 9.59 Å². The van der Waals surface area contributed by atoms with Crippen LogP contribution in [-0.4, -0.2) is 36.1 Å². The summed E-state index contributed by atoms with van der Waals surface area (Å²) in [6.07, 6.45) is 9.27. The number of allylic oxidation sites excluding steroid dienone is 2. The van der Waals surface area contributed by atoms with Gasteiger partial charge in [-0.1, -0.05) is 24.3 Å². The van der Waals surface area contributed by atoms with Crippen LogP contribution in [0, 0.1) is 23.7 Å². The second kappa shape index (κ2) is 5.55. The summed E-state index contributed by atoms with van der Waals surface area (Å²) in [6, 6.07) is 8.15. The fourth-order valence-electron chi connectivity index (χ4n) is 4.87. The Hall–Kier alpha value is -2.43. The van der Waals surface area contributed by atoms with E-state index in [2.05, 4.69) is 34.3 Å². The molecule has 128 valence electrons. The Bertz CT molecular complexity index is 747. The number of anilines is 1. The molecule has 0 N–H and O–H groups in total. The number of amides is 2. The molecular formula is C20H21N3O2. The van der Waals surface area contributed by atoms with Gasteiger partial charge in [-0.05, 0) is 48.8 Å². The van der Waals surface area contributed by atoms with E-state index < -0.39 is 0 Å². The van der Waals surface area contributed by atoms with Gasteiger partial charge in [0.1, 0.15) is 0 Å². The number of carbonyl (C=O) groups is 2. The van der Waals surface area contributed by atoms with Crippen molar-refractivity contribution in [1.82, 2.24) is 5.01 Å². The average molecular weight is 335 g/mol. The topological polar surface area (TPSA) is 53.0 Å². The van der Waals surface area contributed by atoms with Crippen LogP contribution in [0.2, 0.25) is 0 Å². The number of hydrogen-bond donors (Lipinski definition) is 0. The maximum atomic E-state index is 12.6. The van der Waals surface area contributed by atoms with Gasteiger partial charge < -0.3 is 4.90 Å². The first-order chi connectivity index (χ1) is 12.2. The van der Waals surface area contributed by atoms with E-state index in [0.717, 1.165) is 30.1 Å². The molecular weight excluding hydrogens is 314 g/mol. The smallest absolute Gasteiger partial charge is 0.254 e. The molecule has 4 atom stereocenters. The number of fused-ring (bicyclic) bond motifs is 5. The Balaban J connectivity index is 1.32. The second-order valence-corrected chi connectivity index (χ2v) is 7.52. The minimum Gasteiger partial charge on any atom is -0.372 e. The van der Waals surface area contributed by atoms with E-state index in [1.165, 1.54) is 18.5 Å². The Morgan fingerprint density at radius 1 is 0.920 bits per heavy atom. The summed E-state index contributed by atoms with van der Waals surface area (Å²) in [5.74, 6) is -0.166. The number of rotatable bonds is 3. The third-order valence-corrected chi connectivity index (χ3v) is 6.13. The highest BCUT2D eigenvalue weighted by molar-refractivity contribution is 6.06. The average Bonchev–Trinajstić information content (AvgIpc) is 3.40. The standard InChI is InChI=1S/C20H21N3O2/c24-19-17-14-5-6-15(11-14)18(17)20(25)23(19)21-12-13-3-7-16(8-4-13)22-9-1-2-10-22/h3-8,12,14-15,17-18H,1-2,9-11H2. The van der Waals surface area contributed by atoms with Crippen molar-refractivity contribution < 1.29 is 9.59 Å². The lowest BCUT2D eigenvalue weighted by Crippen LogP contribution is -2.28. The number of benzene rings is 1. The van der Waals surface area contributed by atoms with Crippen LogP contribution in [0.4, 0.5) is 5.69 Å². The molecule has 2 amide bonds. The third kappa shape index (κ3) is 2.25. The Morgan fingerprint density at radius 3 is 2.12 bits per heavy atom. The van der Waals surface area contributed by atoms with Crippen LogP contribution in [0.1, 0.15) is 24.8 Å². The highest BCUT2D eigenvalue weighted by Crippen LogP contribution is 2.52. The lowest BCUT2D eigenvalue weighted by molar-refractivity contribution is -0.140. The Labute approximate surface area is 147 Å². The van der Waals surface area contributed by atoms with Crippen molar-refractivity contribution >= 4 is 23.7 Å². The molecule has 5 nitrogen and oxygen atoms in total. The van der Waals surface area contributed by atoms with Crippen molar-refractivity contribution in [2.45, 2.75) is 19.3 Å². The van der Waals surface area contributed by atoms with Crippen LogP contribution in [0.25, 0.3) is 0 Å². The summed E-state index contributed by atoms with van der Waals surface area (Å²) in [7, 11) is 0. The fourth-order valence-corrected chi connectivity index (χ4v) is 4.87. The molecule has 0 aromatic heterocycles. The lowest BCUT2D eigenvalue weighted by Gasteiger charge is -2.17. The molecule has 25 heavy (non-hydrogen) atoms. The predicted octanol–water partition coefficient (Wildman–Crippen LogP) is 2.43. The van der Waals surface area contributed by atoms with E-state index in [4.69, 9.17) is 0 Å². The highest BCUT2D eigenvalue weighted by Gasteiger charge is 2.59. The molecule has 1 aromatic carbocycles. The van der Waals surface area contributed by atoms with Crippen molar-refractivity contribution in [2.75, 3.05) is 18.0 Å². The molecule has 3 fully saturated rings. The maximum Gasteiger partial charge on any atom is 0.254 e. The number of hydrogen-bond acceptors (Lipinski definition) is 4. The molecule has 2 aliphatic carbocycles. The minimum atomic E-state index is -0.183. The van der Waals surface area contributed by atoms with Gasteiger partial charge in [0, 0.05) is 18.8 Å². The number of hydrazone groups is 1. The first-order valence-corrected chi connectivity index (χ1v) is 9.17. The van der Waals surface area contributed by atoms with Crippen LogP contribution in [0.3, 0.4) is 0 Å². The molecule has 2 heterocycles. The summed E-state index contributed by atoms with van der Waals surface area (Å²) >= 11 is 0. The van der Waals surface area contributed by atoms with E-state index in [9.17, 15) is 9.59 Å². The molecule has 5 rings (SSSR count). The molecule has 1 saturated carbocycles. The van der Waals surface area contributed by atoms with Gasteiger partial charge >= 0.3 is 0 Å². The quantitative estimate of drug-likeness (QED) is 0.484. The van der Waals surface area contributed by atoms with Crippen molar-refractivity contribution in [1.29, 1.82) is 0 Å². The SMILES string of the molecule is O=C1C2C3C=CC(C3)C2C(=O)N1N=Cc1ccc(N2CCCC2)cc1. The monoisotopic (exact) mass is 335 g/mol. The number of imide groups is 1. The predicted molar refractivity (Wildman–Crippen MR) is 95.1 cm³/mol. The Morgan fingerprint density at radius 2 is 1.52 bits per heavy atom. The van der Waals surface area contributed by atoms with E-state index >= 15 is 0 Å². The van der Waals surface area contributed by atoms with E-state index in [-0.39, 0.29) is 35.5 Å². The number of carbonyl (C=O) groups excluding carboxylic acids is 2. The van der Waals surface area contributed by atoms with Crippen LogP contribution < -0.4 is 4.90 Å². The molecule has 1 aromatic rings. The zero-order valence-electron chi connectivity index (χ0n) is 14.0.